The lowest BCUT2D eigenvalue weighted by atomic mass is 9.80. The van der Waals surface area contributed by atoms with Crippen LogP contribution in [0.15, 0.2) is 30.3 Å². The van der Waals surface area contributed by atoms with E-state index in [0.717, 1.165) is 37.2 Å². The van der Waals surface area contributed by atoms with Crippen molar-refractivity contribution in [3.63, 3.8) is 0 Å². The lowest BCUT2D eigenvalue weighted by Gasteiger charge is -2.28. The van der Waals surface area contributed by atoms with Gasteiger partial charge in [-0.05, 0) is 23.8 Å². The van der Waals surface area contributed by atoms with E-state index in [9.17, 15) is 14.7 Å². The van der Waals surface area contributed by atoms with Crippen LogP contribution >= 0.6 is 0 Å². The number of alkyl carbamates (subject to hydrolysis) is 1. The number of benzene rings is 1. The third kappa shape index (κ3) is 5.93. The van der Waals surface area contributed by atoms with E-state index in [2.05, 4.69) is 12.2 Å². The van der Waals surface area contributed by atoms with E-state index in [0.29, 0.717) is 12.3 Å². The van der Waals surface area contributed by atoms with E-state index in [4.69, 9.17) is 4.74 Å². The van der Waals surface area contributed by atoms with Crippen molar-refractivity contribution >= 4 is 12.1 Å². The maximum atomic E-state index is 11.8. The molecule has 1 aromatic rings. The first kappa shape index (κ1) is 17.3. The van der Waals surface area contributed by atoms with Gasteiger partial charge in [0.25, 0.3) is 0 Å². The van der Waals surface area contributed by atoms with Gasteiger partial charge in [-0.15, -0.1) is 0 Å². The molecule has 1 fully saturated rings. The smallest absolute Gasteiger partial charge is 0.408 e. The second kappa shape index (κ2) is 8.56. The van der Waals surface area contributed by atoms with Crippen molar-refractivity contribution < 1.29 is 19.4 Å². The Kier molecular flexibility index (Phi) is 6.44. The average molecular weight is 319 g/mol. The van der Waals surface area contributed by atoms with Gasteiger partial charge in [0.05, 0.1) is 0 Å². The number of carbonyl (C=O) groups is 2. The fourth-order valence-corrected chi connectivity index (χ4v) is 3.03. The molecule has 0 spiro atoms. The molecule has 1 aliphatic carbocycles. The van der Waals surface area contributed by atoms with Gasteiger partial charge < -0.3 is 15.2 Å². The molecule has 1 saturated carbocycles. The maximum Gasteiger partial charge on any atom is 0.408 e. The van der Waals surface area contributed by atoms with Gasteiger partial charge in [-0.1, -0.05) is 62.9 Å². The number of hydrogen-bond donors (Lipinski definition) is 2. The SMILES string of the molecule is CC1CCC(CC(NC(=O)OCc2ccccc2)C(=O)O)CC1. The van der Waals surface area contributed by atoms with Crippen LogP contribution in [0.1, 0.15) is 44.6 Å². The summed E-state index contributed by atoms with van der Waals surface area (Å²) in [5.74, 6) is 0.0836. The van der Waals surface area contributed by atoms with Crippen LogP contribution in [0.3, 0.4) is 0 Å². The third-order valence-corrected chi connectivity index (χ3v) is 4.51. The van der Waals surface area contributed by atoms with Gasteiger partial charge >= 0.3 is 12.1 Å². The fraction of sp³-hybridized carbons (Fsp3) is 0.556. The Hall–Kier alpha value is -2.04. The zero-order valence-corrected chi connectivity index (χ0v) is 13.5. The number of aliphatic carboxylic acids is 1. The molecule has 0 aliphatic heterocycles. The van der Waals surface area contributed by atoms with Crippen molar-refractivity contribution in [3.8, 4) is 0 Å². The van der Waals surface area contributed by atoms with Crippen LogP contribution in [0.4, 0.5) is 4.79 Å². The molecule has 1 atom stereocenters. The molecule has 1 unspecified atom stereocenters. The second-order valence-corrected chi connectivity index (χ2v) is 6.46. The molecule has 0 saturated heterocycles. The van der Waals surface area contributed by atoms with Crippen LogP contribution in [0.25, 0.3) is 0 Å². The van der Waals surface area contributed by atoms with Crippen molar-refractivity contribution in [2.24, 2.45) is 11.8 Å². The number of carboxylic acids is 1. The molecule has 0 bridgehead atoms. The zero-order valence-electron chi connectivity index (χ0n) is 13.5. The van der Waals surface area contributed by atoms with E-state index < -0.39 is 18.1 Å². The number of carboxylic acid groups (broad SMARTS) is 1. The van der Waals surface area contributed by atoms with Gasteiger partial charge in [-0.25, -0.2) is 9.59 Å². The summed E-state index contributed by atoms with van der Waals surface area (Å²) in [6, 6.07) is 8.43. The first-order valence-electron chi connectivity index (χ1n) is 8.24. The van der Waals surface area contributed by atoms with Crippen LogP contribution in [0.5, 0.6) is 0 Å². The number of carbonyl (C=O) groups excluding carboxylic acids is 1. The van der Waals surface area contributed by atoms with Crippen molar-refractivity contribution in [1.29, 1.82) is 0 Å². The Balaban J connectivity index is 1.79. The quantitative estimate of drug-likeness (QED) is 0.840. The van der Waals surface area contributed by atoms with E-state index in [1.165, 1.54) is 0 Å². The Morgan fingerprint density at radius 3 is 2.48 bits per heavy atom. The average Bonchev–Trinajstić information content (AvgIpc) is 2.55. The highest BCUT2D eigenvalue weighted by molar-refractivity contribution is 5.79. The standard InChI is InChI=1S/C18H25NO4/c1-13-7-9-14(10-8-13)11-16(17(20)21)19-18(22)23-12-15-5-3-2-4-6-15/h2-6,13-14,16H,7-12H2,1H3,(H,19,22)(H,20,21). The van der Waals surface area contributed by atoms with Crippen molar-refractivity contribution in [2.45, 2.75) is 51.7 Å². The predicted molar refractivity (Wildman–Crippen MR) is 86.9 cm³/mol. The molecule has 5 heteroatoms. The van der Waals surface area contributed by atoms with Gasteiger partial charge in [0, 0.05) is 0 Å². The van der Waals surface area contributed by atoms with Crippen LogP contribution < -0.4 is 5.32 Å². The Morgan fingerprint density at radius 2 is 1.87 bits per heavy atom. The van der Waals surface area contributed by atoms with E-state index >= 15 is 0 Å². The molecule has 1 aliphatic rings. The lowest BCUT2D eigenvalue weighted by molar-refractivity contribution is -0.139. The van der Waals surface area contributed by atoms with Gasteiger partial charge in [0.15, 0.2) is 0 Å². The fourth-order valence-electron chi connectivity index (χ4n) is 3.03. The van der Waals surface area contributed by atoms with Gasteiger partial charge in [-0.3, -0.25) is 0 Å². The molecule has 5 nitrogen and oxygen atoms in total. The minimum absolute atomic E-state index is 0.139. The molecule has 126 valence electrons. The highest BCUT2D eigenvalue weighted by Crippen LogP contribution is 2.31. The minimum atomic E-state index is -1.000. The summed E-state index contributed by atoms with van der Waals surface area (Å²) < 4.78 is 5.10. The molecule has 0 heterocycles. The Morgan fingerprint density at radius 1 is 1.22 bits per heavy atom. The van der Waals surface area contributed by atoms with E-state index in [-0.39, 0.29) is 6.61 Å². The number of nitrogens with one attached hydrogen (secondary N) is 1. The molecule has 0 aromatic heterocycles. The molecule has 23 heavy (non-hydrogen) atoms. The second-order valence-electron chi connectivity index (χ2n) is 6.46. The number of ether oxygens (including phenoxy) is 1. The minimum Gasteiger partial charge on any atom is -0.480 e. The molecule has 2 rings (SSSR count). The summed E-state index contributed by atoms with van der Waals surface area (Å²) in [5, 5.41) is 11.8. The van der Waals surface area contributed by atoms with Crippen LogP contribution in [-0.4, -0.2) is 23.2 Å². The number of amides is 1. The summed E-state index contributed by atoms with van der Waals surface area (Å²) in [6.07, 6.45) is 4.13. The summed E-state index contributed by atoms with van der Waals surface area (Å²) in [6.45, 7) is 2.37. The number of hydrogen-bond acceptors (Lipinski definition) is 3. The molecule has 2 N–H and O–H groups in total. The first-order chi connectivity index (χ1) is 11.0. The highest BCUT2D eigenvalue weighted by atomic mass is 16.5. The molecular weight excluding hydrogens is 294 g/mol. The number of rotatable bonds is 6. The van der Waals surface area contributed by atoms with Crippen LogP contribution in [0, 0.1) is 11.8 Å². The molecule has 1 amide bonds. The lowest BCUT2D eigenvalue weighted by Crippen LogP contribution is -2.42. The van der Waals surface area contributed by atoms with Gasteiger partial charge in [0.1, 0.15) is 12.6 Å². The van der Waals surface area contributed by atoms with Gasteiger partial charge in [0.2, 0.25) is 0 Å². The normalized spacial score (nSPS) is 22.1. The zero-order chi connectivity index (χ0) is 16.7. The summed E-state index contributed by atoms with van der Waals surface area (Å²) >= 11 is 0. The monoisotopic (exact) mass is 319 g/mol. The Bertz CT molecular complexity index is 509. The predicted octanol–water partition coefficient (Wildman–Crippen LogP) is 3.58. The maximum absolute atomic E-state index is 11.8. The molecular formula is C18H25NO4. The molecule has 0 radical (unpaired) electrons. The van der Waals surface area contributed by atoms with E-state index in [1.807, 2.05) is 30.3 Å². The summed E-state index contributed by atoms with van der Waals surface area (Å²) in [5.41, 5.74) is 0.871. The van der Waals surface area contributed by atoms with Gasteiger partial charge in [-0.2, -0.15) is 0 Å². The first-order valence-corrected chi connectivity index (χ1v) is 8.24. The summed E-state index contributed by atoms with van der Waals surface area (Å²) in [7, 11) is 0. The van der Waals surface area contributed by atoms with Crippen LogP contribution in [-0.2, 0) is 16.1 Å². The van der Waals surface area contributed by atoms with Crippen LogP contribution in [0.2, 0.25) is 0 Å². The van der Waals surface area contributed by atoms with Crippen molar-refractivity contribution in [2.75, 3.05) is 0 Å². The topological polar surface area (TPSA) is 75.6 Å². The Labute approximate surface area is 137 Å². The third-order valence-electron chi connectivity index (χ3n) is 4.51. The molecule has 1 aromatic carbocycles. The van der Waals surface area contributed by atoms with Crippen molar-refractivity contribution in [1.82, 2.24) is 5.32 Å². The largest absolute Gasteiger partial charge is 0.480 e. The van der Waals surface area contributed by atoms with Crippen molar-refractivity contribution in [3.05, 3.63) is 35.9 Å². The summed E-state index contributed by atoms with van der Waals surface area (Å²) in [4.78, 5) is 23.2. The highest BCUT2D eigenvalue weighted by Gasteiger charge is 2.27. The van der Waals surface area contributed by atoms with E-state index in [1.54, 1.807) is 0 Å².